The van der Waals surface area contributed by atoms with Gasteiger partial charge in [0.1, 0.15) is 5.82 Å². The van der Waals surface area contributed by atoms with Crippen LogP contribution in [-0.4, -0.2) is 5.91 Å². The van der Waals surface area contributed by atoms with Crippen LogP contribution >= 0.6 is 22.9 Å². The third kappa shape index (κ3) is 3.11. The summed E-state index contributed by atoms with van der Waals surface area (Å²) in [4.78, 5) is 12.8. The normalized spacial score (nSPS) is 14.8. The van der Waals surface area contributed by atoms with Gasteiger partial charge in [0, 0.05) is 17.1 Å². The van der Waals surface area contributed by atoms with Gasteiger partial charge in [0.25, 0.3) is 5.91 Å². The van der Waals surface area contributed by atoms with E-state index in [4.69, 9.17) is 11.6 Å². The second-order valence-corrected chi connectivity index (χ2v) is 6.57. The summed E-state index contributed by atoms with van der Waals surface area (Å²) in [5, 5.41) is 5.11. The number of rotatable bonds is 4. The van der Waals surface area contributed by atoms with Crippen molar-refractivity contribution in [1.29, 1.82) is 0 Å². The zero-order chi connectivity index (χ0) is 14.8. The van der Waals surface area contributed by atoms with E-state index in [1.54, 1.807) is 12.1 Å². The summed E-state index contributed by atoms with van der Waals surface area (Å²) < 4.78 is 13.6. The van der Waals surface area contributed by atoms with Crippen molar-refractivity contribution in [3.8, 4) is 0 Å². The van der Waals surface area contributed by atoms with Gasteiger partial charge >= 0.3 is 0 Å². The summed E-state index contributed by atoms with van der Waals surface area (Å²) >= 11 is 7.38. The van der Waals surface area contributed by atoms with Gasteiger partial charge in [-0.2, -0.15) is 0 Å². The van der Waals surface area contributed by atoms with Crippen LogP contribution in [0.25, 0.3) is 0 Å². The van der Waals surface area contributed by atoms with Gasteiger partial charge in [-0.15, -0.1) is 11.3 Å². The molecule has 0 aliphatic heterocycles. The van der Waals surface area contributed by atoms with Crippen LogP contribution in [0.3, 0.4) is 0 Å². The van der Waals surface area contributed by atoms with E-state index in [0.29, 0.717) is 21.4 Å². The van der Waals surface area contributed by atoms with Crippen LogP contribution in [0.4, 0.5) is 4.39 Å². The van der Waals surface area contributed by atoms with E-state index in [1.807, 2.05) is 6.07 Å². The monoisotopic (exact) mass is 323 g/mol. The molecule has 21 heavy (non-hydrogen) atoms. The van der Waals surface area contributed by atoms with Crippen molar-refractivity contribution in [2.24, 2.45) is 0 Å². The highest BCUT2D eigenvalue weighted by Gasteiger charge is 2.21. The minimum atomic E-state index is -0.399. The van der Waals surface area contributed by atoms with Gasteiger partial charge in [-0.05, 0) is 47.9 Å². The van der Waals surface area contributed by atoms with E-state index < -0.39 is 5.82 Å². The number of halogens is 2. The topological polar surface area (TPSA) is 29.1 Å². The first-order chi connectivity index (χ1) is 10.1. The van der Waals surface area contributed by atoms with Crippen molar-refractivity contribution in [2.45, 2.75) is 31.7 Å². The summed E-state index contributed by atoms with van der Waals surface area (Å²) in [5.41, 5.74) is 1.57. The minimum Gasteiger partial charge on any atom is -0.347 e. The van der Waals surface area contributed by atoms with E-state index in [0.717, 1.165) is 0 Å². The second kappa shape index (κ2) is 6.16. The van der Waals surface area contributed by atoms with Crippen molar-refractivity contribution in [3.05, 3.63) is 56.5 Å². The Morgan fingerprint density at radius 2 is 2.24 bits per heavy atom. The van der Waals surface area contributed by atoms with Crippen LogP contribution in [0, 0.1) is 5.82 Å². The van der Waals surface area contributed by atoms with E-state index in [9.17, 15) is 9.18 Å². The lowest BCUT2D eigenvalue weighted by Crippen LogP contribution is -2.22. The number of thiophene rings is 1. The Hall–Kier alpha value is -1.39. The zero-order valence-corrected chi connectivity index (χ0v) is 12.9. The van der Waals surface area contributed by atoms with Crippen LogP contribution in [0.15, 0.2) is 29.6 Å². The highest BCUT2D eigenvalue weighted by atomic mass is 35.5. The van der Waals surface area contributed by atoms with Gasteiger partial charge in [-0.1, -0.05) is 24.1 Å². The fraction of sp³-hybridized carbons (Fsp3) is 0.312. The standard InChI is InChI=1S/C16H15ClFNOS/c17-13-5-2-6-14(18)12(13)8-19-16(20)15-7-11(9-21-15)10-3-1-4-10/h2,5-7,9-10H,1,3-4,8H2,(H,19,20). The van der Waals surface area contributed by atoms with E-state index >= 15 is 0 Å². The van der Waals surface area contributed by atoms with Crippen molar-refractivity contribution >= 4 is 28.8 Å². The molecule has 1 aromatic heterocycles. The highest BCUT2D eigenvalue weighted by Crippen LogP contribution is 2.38. The zero-order valence-electron chi connectivity index (χ0n) is 11.4. The largest absolute Gasteiger partial charge is 0.347 e. The average molecular weight is 324 g/mol. The summed E-state index contributed by atoms with van der Waals surface area (Å²) in [6, 6.07) is 6.46. The number of carbonyl (C=O) groups excluding carboxylic acids is 1. The maximum absolute atomic E-state index is 13.6. The molecule has 3 rings (SSSR count). The predicted octanol–water partition coefficient (Wildman–Crippen LogP) is 4.74. The number of hydrogen-bond acceptors (Lipinski definition) is 2. The molecule has 0 bridgehead atoms. The average Bonchev–Trinajstić information content (AvgIpc) is 2.85. The maximum atomic E-state index is 13.6. The molecule has 1 aliphatic rings. The molecule has 1 saturated carbocycles. The highest BCUT2D eigenvalue weighted by molar-refractivity contribution is 7.12. The Morgan fingerprint density at radius 1 is 1.43 bits per heavy atom. The Bertz CT molecular complexity index is 646. The first-order valence-electron chi connectivity index (χ1n) is 6.94. The third-order valence-corrected chi connectivity index (χ3v) is 5.21. The van der Waals surface area contributed by atoms with Gasteiger partial charge in [0.15, 0.2) is 0 Å². The summed E-state index contributed by atoms with van der Waals surface area (Å²) in [5.74, 6) is 0.0397. The lowest BCUT2D eigenvalue weighted by Gasteiger charge is -2.24. The number of benzene rings is 1. The van der Waals surface area contributed by atoms with E-state index in [1.165, 1.54) is 42.2 Å². The van der Waals surface area contributed by atoms with Crippen LogP contribution < -0.4 is 5.32 Å². The van der Waals surface area contributed by atoms with Gasteiger partial charge in [-0.25, -0.2) is 4.39 Å². The van der Waals surface area contributed by atoms with Crippen molar-refractivity contribution in [2.75, 3.05) is 0 Å². The predicted molar refractivity (Wildman–Crippen MR) is 83.5 cm³/mol. The molecule has 1 heterocycles. The molecule has 1 aliphatic carbocycles. The molecule has 0 spiro atoms. The SMILES string of the molecule is O=C(NCc1c(F)cccc1Cl)c1cc(C2CCC2)cs1. The molecule has 1 N–H and O–H groups in total. The number of amides is 1. The maximum Gasteiger partial charge on any atom is 0.261 e. The number of hydrogen-bond donors (Lipinski definition) is 1. The second-order valence-electron chi connectivity index (χ2n) is 5.26. The molecule has 2 nitrogen and oxygen atoms in total. The van der Waals surface area contributed by atoms with Gasteiger partial charge < -0.3 is 5.32 Å². The van der Waals surface area contributed by atoms with Gasteiger partial charge in [0.05, 0.1) is 4.88 Å². The van der Waals surface area contributed by atoms with Crippen molar-refractivity contribution in [1.82, 2.24) is 5.32 Å². The Labute approximate surface area is 131 Å². The van der Waals surface area contributed by atoms with Crippen LogP contribution in [0.2, 0.25) is 5.02 Å². The molecule has 0 atom stereocenters. The van der Waals surface area contributed by atoms with Crippen LogP contribution in [0.5, 0.6) is 0 Å². The first-order valence-corrected chi connectivity index (χ1v) is 8.20. The lowest BCUT2D eigenvalue weighted by atomic mass is 9.81. The van der Waals surface area contributed by atoms with E-state index in [-0.39, 0.29) is 12.5 Å². The molecule has 1 aromatic carbocycles. The van der Waals surface area contributed by atoms with E-state index in [2.05, 4.69) is 10.7 Å². The Balaban J connectivity index is 1.65. The molecule has 1 amide bonds. The summed E-state index contributed by atoms with van der Waals surface area (Å²) in [6.07, 6.45) is 3.69. The number of nitrogens with one attached hydrogen (secondary N) is 1. The quantitative estimate of drug-likeness (QED) is 0.865. The molecule has 5 heteroatoms. The smallest absolute Gasteiger partial charge is 0.261 e. The van der Waals surface area contributed by atoms with Crippen LogP contribution in [-0.2, 0) is 6.54 Å². The van der Waals surface area contributed by atoms with Crippen molar-refractivity contribution < 1.29 is 9.18 Å². The molecule has 0 unspecified atom stereocenters. The fourth-order valence-electron chi connectivity index (χ4n) is 2.38. The molecule has 2 aromatic rings. The number of carbonyl (C=O) groups is 1. The Morgan fingerprint density at radius 3 is 2.90 bits per heavy atom. The van der Waals surface area contributed by atoms with Crippen molar-refractivity contribution in [3.63, 3.8) is 0 Å². The molecule has 0 radical (unpaired) electrons. The van der Waals surface area contributed by atoms with Crippen LogP contribution in [0.1, 0.15) is 46.0 Å². The minimum absolute atomic E-state index is 0.0982. The first kappa shape index (κ1) is 14.5. The third-order valence-electron chi connectivity index (χ3n) is 3.91. The fourth-order valence-corrected chi connectivity index (χ4v) is 3.52. The molecule has 110 valence electrons. The molecular formula is C16H15ClFNOS. The summed E-state index contributed by atoms with van der Waals surface area (Å²) in [6.45, 7) is 0.0982. The molecular weight excluding hydrogens is 309 g/mol. The van der Waals surface area contributed by atoms with Gasteiger partial charge in [-0.3, -0.25) is 4.79 Å². The molecule has 0 saturated heterocycles. The lowest BCUT2D eigenvalue weighted by molar-refractivity contribution is 0.0954. The Kier molecular flexibility index (Phi) is 4.27. The van der Waals surface area contributed by atoms with Gasteiger partial charge in [0.2, 0.25) is 0 Å². The molecule has 1 fully saturated rings. The summed E-state index contributed by atoms with van der Waals surface area (Å²) in [7, 11) is 0.